The van der Waals surface area contributed by atoms with E-state index in [4.69, 9.17) is 22.1 Å². The molecule has 3 N–H and O–H groups in total. The summed E-state index contributed by atoms with van der Waals surface area (Å²) in [5.74, 6) is 0. The van der Waals surface area contributed by atoms with E-state index in [1.54, 1.807) is 16.8 Å². The summed E-state index contributed by atoms with van der Waals surface area (Å²) >= 11 is 5.75. The summed E-state index contributed by atoms with van der Waals surface area (Å²) in [5, 5.41) is 10.7. The van der Waals surface area contributed by atoms with E-state index in [0.29, 0.717) is 24.4 Å². The zero-order chi connectivity index (χ0) is 12.4. The molecule has 0 radical (unpaired) electrons. The minimum atomic E-state index is -1.02. The van der Waals surface area contributed by atoms with Gasteiger partial charge in [0.25, 0.3) is 0 Å². The Balaban J connectivity index is 2.62. The van der Waals surface area contributed by atoms with Gasteiger partial charge in [0.2, 0.25) is 5.28 Å². The van der Waals surface area contributed by atoms with Crippen LogP contribution < -0.4 is 5.73 Å². The molecule has 6 nitrogen and oxygen atoms in total. The van der Waals surface area contributed by atoms with E-state index in [1.807, 2.05) is 0 Å². The minimum absolute atomic E-state index is 0.160. The first kappa shape index (κ1) is 12.3. The highest BCUT2D eigenvalue weighted by Crippen LogP contribution is 2.23. The van der Waals surface area contributed by atoms with Crippen molar-refractivity contribution in [3.05, 3.63) is 23.2 Å². The van der Waals surface area contributed by atoms with Crippen molar-refractivity contribution in [2.45, 2.75) is 12.8 Å². The van der Waals surface area contributed by atoms with Crippen molar-refractivity contribution in [3.63, 3.8) is 0 Å². The lowest BCUT2D eigenvalue weighted by Gasteiger charge is -2.12. The fourth-order valence-electron chi connectivity index (χ4n) is 1.73. The highest BCUT2D eigenvalue weighted by molar-refractivity contribution is 6.28. The summed E-state index contributed by atoms with van der Waals surface area (Å²) in [4.78, 5) is 8.02. The number of hydrogen-bond donors (Lipinski definition) is 2. The van der Waals surface area contributed by atoms with Gasteiger partial charge in [0, 0.05) is 31.8 Å². The quantitative estimate of drug-likeness (QED) is 0.621. The van der Waals surface area contributed by atoms with E-state index < -0.39 is 6.29 Å². The Kier molecular flexibility index (Phi) is 3.58. The van der Waals surface area contributed by atoms with Gasteiger partial charge in [-0.25, -0.2) is 4.98 Å². The van der Waals surface area contributed by atoms with Crippen molar-refractivity contribution in [2.24, 2.45) is 5.73 Å². The molecular weight excluding hydrogens is 244 g/mol. The predicted octanol–water partition coefficient (Wildman–Crippen LogP) is 0.681. The first-order valence-corrected chi connectivity index (χ1v) is 5.47. The maximum atomic E-state index is 9.74. The molecule has 1 unspecified atom stereocenters. The number of aliphatic hydroxyl groups is 1. The lowest BCUT2D eigenvalue weighted by atomic mass is 10.3. The van der Waals surface area contributed by atoms with Gasteiger partial charge in [-0.15, -0.1) is 0 Å². The molecule has 0 aliphatic rings. The molecule has 0 amide bonds. The number of ether oxygens (including phenoxy) is 1. The zero-order valence-electron chi connectivity index (χ0n) is 9.30. The molecule has 0 bridgehead atoms. The molecule has 0 spiro atoms. The summed E-state index contributed by atoms with van der Waals surface area (Å²) < 4.78 is 6.67. The number of aliphatic hydroxyl groups excluding tert-OH is 1. The van der Waals surface area contributed by atoms with E-state index in [-0.39, 0.29) is 5.28 Å². The molecule has 0 aliphatic carbocycles. The number of nitrogens with two attached hydrogens (primary N) is 1. The normalized spacial score (nSPS) is 13.2. The Bertz CT molecular complexity index is 528. The number of rotatable bonds is 4. The minimum Gasteiger partial charge on any atom is -0.363 e. The van der Waals surface area contributed by atoms with E-state index in [1.165, 1.54) is 7.11 Å². The number of fused-ring (bicyclic) bond motifs is 1. The van der Waals surface area contributed by atoms with Crippen molar-refractivity contribution >= 4 is 22.6 Å². The largest absolute Gasteiger partial charge is 0.363 e. The second-order valence-electron chi connectivity index (χ2n) is 3.52. The third kappa shape index (κ3) is 2.25. The van der Waals surface area contributed by atoms with Crippen LogP contribution in [-0.4, -0.2) is 33.3 Å². The van der Waals surface area contributed by atoms with Crippen LogP contribution in [0.1, 0.15) is 12.0 Å². The van der Waals surface area contributed by atoms with Crippen LogP contribution in [0.3, 0.4) is 0 Å². The second kappa shape index (κ2) is 4.97. The molecule has 2 rings (SSSR count). The van der Waals surface area contributed by atoms with Gasteiger partial charge in [0.15, 0.2) is 6.29 Å². The lowest BCUT2D eigenvalue weighted by Crippen LogP contribution is -2.15. The molecule has 1 atom stereocenters. The molecule has 0 fully saturated rings. The average Bonchev–Trinajstić information content (AvgIpc) is 2.67. The molecular formula is C10H13ClN4O2. The molecule has 0 saturated carbocycles. The molecule has 2 aromatic heterocycles. The topological polar surface area (TPSA) is 86.2 Å². The van der Waals surface area contributed by atoms with Gasteiger partial charge in [-0.1, -0.05) is 0 Å². The monoisotopic (exact) mass is 256 g/mol. The summed E-state index contributed by atoms with van der Waals surface area (Å²) in [7, 11) is 1.42. The Labute approximate surface area is 103 Å². The van der Waals surface area contributed by atoms with Crippen LogP contribution in [0.2, 0.25) is 5.28 Å². The fraction of sp³-hybridized carbons (Fsp3) is 0.400. The van der Waals surface area contributed by atoms with Crippen molar-refractivity contribution in [3.8, 4) is 0 Å². The Morgan fingerprint density at radius 3 is 3.06 bits per heavy atom. The third-order valence-corrected chi connectivity index (χ3v) is 2.65. The average molecular weight is 257 g/mol. The van der Waals surface area contributed by atoms with Crippen LogP contribution in [-0.2, 0) is 11.3 Å². The highest BCUT2D eigenvalue weighted by atomic mass is 35.5. The van der Waals surface area contributed by atoms with Gasteiger partial charge in [-0.3, -0.25) is 0 Å². The maximum absolute atomic E-state index is 9.74. The van der Waals surface area contributed by atoms with Crippen molar-refractivity contribution in [1.82, 2.24) is 14.5 Å². The number of hydrogen-bond acceptors (Lipinski definition) is 5. The molecule has 0 aromatic carbocycles. The first-order chi connectivity index (χ1) is 8.17. The van der Waals surface area contributed by atoms with Crippen LogP contribution in [0.5, 0.6) is 0 Å². The lowest BCUT2D eigenvalue weighted by molar-refractivity contribution is -0.0817. The van der Waals surface area contributed by atoms with Crippen LogP contribution in [0.4, 0.5) is 0 Å². The van der Waals surface area contributed by atoms with Crippen LogP contribution in [0.15, 0.2) is 12.3 Å². The van der Waals surface area contributed by atoms with Gasteiger partial charge in [0.1, 0.15) is 5.65 Å². The summed E-state index contributed by atoms with van der Waals surface area (Å²) in [6.45, 7) is 0.946. The van der Waals surface area contributed by atoms with E-state index in [0.717, 1.165) is 5.39 Å². The molecule has 92 valence electrons. The van der Waals surface area contributed by atoms with Crippen LogP contribution in [0.25, 0.3) is 11.0 Å². The smallest absolute Gasteiger partial charge is 0.224 e. The molecule has 0 saturated heterocycles. The first-order valence-electron chi connectivity index (χ1n) is 5.10. The molecule has 2 heterocycles. The predicted molar refractivity (Wildman–Crippen MR) is 63.6 cm³/mol. The van der Waals surface area contributed by atoms with Crippen LogP contribution in [0, 0.1) is 0 Å². The molecule has 2 aromatic rings. The number of aromatic nitrogens is 3. The highest BCUT2D eigenvalue weighted by Gasteiger charge is 2.16. The summed E-state index contributed by atoms with van der Waals surface area (Å²) in [6, 6.07) is 1.76. The third-order valence-electron chi connectivity index (χ3n) is 2.47. The Morgan fingerprint density at radius 2 is 2.41 bits per heavy atom. The molecule has 0 aliphatic heterocycles. The number of methoxy groups -OCH3 is 1. The van der Waals surface area contributed by atoms with Gasteiger partial charge in [-0.2, -0.15) is 4.98 Å². The van der Waals surface area contributed by atoms with Gasteiger partial charge in [0.05, 0.1) is 5.69 Å². The van der Waals surface area contributed by atoms with Crippen LogP contribution >= 0.6 is 11.6 Å². The Hall–Kier alpha value is -1.21. The number of halogens is 1. The standard InChI is InChI=1S/C10H13ClN4O2/c1-17-9(16)7-4-6-5-13-10(11)14-8(6)15(7)3-2-12/h4-5,9,16H,2-3,12H2,1H3. The molecule has 7 heteroatoms. The van der Waals surface area contributed by atoms with E-state index in [2.05, 4.69) is 9.97 Å². The Morgan fingerprint density at radius 1 is 1.65 bits per heavy atom. The SMILES string of the molecule is COC(O)c1cc2cnc(Cl)nc2n1CCN. The summed E-state index contributed by atoms with van der Waals surface area (Å²) in [6.07, 6.45) is 0.582. The van der Waals surface area contributed by atoms with Gasteiger partial charge in [-0.05, 0) is 17.7 Å². The number of nitrogens with zero attached hydrogens (tertiary/aromatic N) is 3. The fourth-order valence-corrected chi connectivity index (χ4v) is 1.86. The van der Waals surface area contributed by atoms with Crippen molar-refractivity contribution in [1.29, 1.82) is 0 Å². The van der Waals surface area contributed by atoms with Crippen molar-refractivity contribution in [2.75, 3.05) is 13.7 Å². The maximum Gasteiger partial charge on any atom is 0.224 e. The summed E-state index contributed by atoms with van der Waals surface area (Å²) in [5.41, 5.74) is 6.77. The van der Waals surface area contributed by atoms with E-state index >= 15 is 0 Å². The zero-order valence-corrected chi connectivity index (χ0v) is 10.1. The van der Waals surface area contributed by atoms with Crippen molar-refractivity contribution < 1.29 is 9.84 Å². The van der Waals surface area contributed by atoms with Gasteiger partial charge < -0.3 is 20.1 Å². The second-order valence-corrected chi connectivity index (χ2v) is 3.85. The van der Waals surface area contributed by atoms with Gasteiger partial charge >= 0.3 is 0 Å². The molecule has 17 heavy (non-hydrogen) atoms. The van der Waals surface area contributed by atoms with E-state index in [9.17, 15) is 5.11 Å².